The Kier molecular flexibility index (Phi) is 4.14. The van der Waals surface area contributed by atoms with Gasteiger partial charge in [-0.1, -0.05) is 11.6 Å². The van der Waals surface area contributed by atoms with Crippen LogP contribution in [-0.4, -0.2) is 16.5 Å². The van der Waals surface area contributed by atoms with Gasteiger partial charge in [0.05, 0.1) is 4.47 Å². The fraction of sp³-hybridized carbons (Fsp3) is 0.167. The second-order valence-electron chi connectivity index (χ2n) is 3.52. The second-order valence-corrected chi connectivity index (χ2v) is 4.67. The number of halogens is 3. The lowest BCUT2D eigenvalue weighted by atomic mass is 10.2. The Labute approximate surface area is 118 Å². The number of nitrogens with zero attached hydrogens (tertiary/aromatic N) is 3. The standard InChI is InChI=1S/C12H10BrClFN3/c1-2-18(9-5-3-8(15)4-6-9)12-10(13)11(14)16-7-17-12/h3-7H,2H2,1H3. The van der Waals surface area contributed by atoms with Crippen LogP contribution in [0.25, 0.3) is 0 Å². The Morgan fingerprint density at radius 1 is 1.28 bits per heavy atom. The average Bonchev–Trinajstić information content (AvgIpc) is 2.37. The molecule has 0 saturated carbocycles. The van der Waals surface area contributed by atoms with Crippen LogP contribution in [0.3, 0.4) is 0 Å². The van der Waals surface area contributed by atoms with Gasteiger partial charge >= 0.3 is 0 Å². The van der Waals surface area contributed by atoms with Gasteiger partial charge in [0.15, 0.2) is 5.82 Å². The largest absolute Gasteiger partial charge is 0.326 e. The van der Waals surface area contributed by atoms with Crippen molar-refractivity contribution in [3.63, 3.8) is 0 Å². The van der Waals surface area contributed by atoms with Crippen molar-refractivity contribution in [1.82, 2.24) is 9.97 Å². The van der Waals surface area contributed by atoms with E-state index >= 15 is 0 Å². The van der Waals surface area contributed by atoms with Crippen molar-refractivity contribution in [2.24, 2.45) is 0 Å². The molecule has 0 spiro atoms. The summed E-state index contributed by atoms with van der Waals surface area (Å²) in [6, 6.07) is 6.21. The normalized spacial score (nSPS) is 10.4. The number of rotatable bonds is 3. The third-order valence-electron chi connectivity index (χ3n) is 2.44. The quantitative estimate of drug-likeness (QED) is 0.790. The topological polar surface area (TPSA) is 29.0 Å². The number of aromatic nitrogens is 2. The molecule has 6 heteroatoms. The van der Waals surface area contributed by atoms with E-state index in [4.69, 9.17) is 11.6 Å². The van der Waals surface area contributed by atoms with E-state index in [-0.39, 0.29) is 5.82 Å². The summed E-state index contributed by atoms with van der Waals surface area (Å²) in [5.41, 5.74) is 0.842. The van der Waals surface area contributed by atoms with Gasteiger partial charge in [-0.15, -0.1) is 0 Å². The van der Waals surface area contributed by atoms with E-state index < -0.39 is 0 Å². The first-order valence-corrected chi connectivity index (χ1v) is 6.49. The van der Waals surface area contributed by atoms with Gasteiger partial charge in [-0.05, 0) is 47.1 Å². The minimum Gasteiger partial charge on any atom is -0.326 e. The van der Waals surface area contributed by atoms with Crippen LogP contribution in [0.15, 0.2) is 35.1 Å². The molecule has 0 aliphatic carbocycles. The molecule has 0 saturated heterocycles. The fourth-order valence-corrected chi connectivity index (χ4v) is 2.15. The third kappa shape index (κ3) is 2.62. The lowest BCUT2D eigenvalue weighted by Crippen LogP contribution is -2.18. The Hall–Kier alpha value is -1.20. The van der Waals surface area contributed by atoms with Crippen LogP contribution >= 0.6 is 27.5 Å². The van der Waals surface area contributed by atoms with Crippen molar-refractivity contribution >= 4 is 39.0 Å². The van der Waals surface area contributed by atoms with Crippen LogP contribution in [0.1, 0.15) is 6.92 Å². The molecule has 18 heavy (non-hydrogen) atoms. The van der Waals surface area contributed by atoms with Gasteiger partial charge in [-0.3, -0.25) is 0 Å². The summed E-state index contributed by atoms with van der Waals surface area (Å²) < 4.78 is 13.5. The average molecular weight is 331 g/mol. The van der Waals surface area contributed by atoms with Gasteiger partial charge in [0.2, 0.25) is 0 Å². The second kappa shape index (κ2) is 5.63. The smallest absolute Gasteiger partial charge is 0.152 e. The van der Waals surface area contributed by atoms with Crippen molar-refractivity contribution in [2.75, 3.05) is 11.4 Å². The molecule has 0 radical (unpaired) electrons. The molecule has 0 aliphatic rings. The molecule has 1 aromatic heterocycles. The van der Waals surface area contributed by atoms with E-state index in [1.54, 1.807) is 12.1 Å². The molecule has 0 aliphatic heterocycles. The maximum atomic E-state index is 12.9. The Balaban J connectivity index is 2.45. The summed E-state index contributed by atoms with van der Waals surface area (Å²) >= 11 is 9.30. The lowest BCUT2D eigenvalue weighted by molar-refractivity contribution is 0.627. The molecule has 2 aromatic rings. The zero-order chi connectivity index (χ0) is 13.1. The van der Waals surface area contributed by atoms with Crippen LogP contribution in [-0.2, 0) is 0 Å². The first-order chi connectivity index (χ1) is 8.63. The van der Waals surface area contributed by atoms with Crippen LogP contribution < -0.4 is 4.90 Å². The molecule has 1 heterocycles. The van der Waals surface area contributed by atoms with Crippen molar-refractivity contribution in [2.45, 2.75) is 6.92 Å². The molecular weight excluding hydrogens is 321 g/mol. The van der Waals surface area contributed by atoms with E-state index in [0.717, 1.165) is 5.69 Å². The number of benzene rings is 1. The zero-order valence-corrected chi connectivity index (χ0v) is 11.9. The first kappa shape index (κ1) is 13.2. The maximum Gasteiger partial charge on any atom is 0.152 e. The fourth-order valence-electron chi connectivity index (χ4n) is 1.60. The number of anilines is 2. The summed E-state index contributed by atoms with van der Waals surface area (Å²) in [4.78, 5) is 10.00. The SMILES string of the molecule is CCN(c1ccc(F)cc1)c1ncnc(Cl)c1Br. The van der Waals surface area contributed by atoms with Crippen LogP contribution in [0.2, 0.25) is 5.15 Å². The van der Waals surface area contributed by atoms with E-state index in [9.17, 15) is 4.39 Å². The lowest BCUT2D eigenvalue weighted by Gasteiger charge is -2.23. The van der Waals surface area contributed by atoms with Gasteiger partial charge in [-0.2, -0.15) is 0 Å². The molecule has 0 amide bonds. The Bertz CT molecular complexity index is 548. The highest BCUT2D eigenvalue weighted by Crippen LogP contribution is 2.33. The summed E-state index contributed by atoms with van der Waals surface area (Å²) in [7, 11) is 0. The van der Waals surface area contributed by atoms with Crippen molar-refractivity contribution < 1.29 is 4.39 Å². The summed E-state index contributed by atoms with van der Waals surface area (Å²) in [6.07, 6.45) is 1.40. The van der Waals surface area contributed by atoms with Crippen molar-refractivity contribution in [3.05, 3.63) is 46.0 Å². The maximum absolute atomic E-state index is 12.9. The molecule has 0 unspecified atom stereocenters. The van der Waals surface area contributed by atoms with E-state index in [1.165, 1.54) is 18.5 Å². The highest BCUT2D eigenvalue weighted by atomic mass is 79.9. The molecule has 1 aromatic carbocycles. The van der Waals surface area contributed by atoms with E-state index in [0.29, 0.717) is 22.0 Å². The molecule has 0 N–H and O–H groups in total. The zero-order valence-electron chi connectivity index (χ0n) is 9.57. The number of hydrogen-bond acceptors (Lipinski definition) is 3. The summed E-state index contributed by atoms with van der Waals surface area (Å²) in [6.45, 7) is 2.66. The number of hydrogen-bond donors (Lipinski definition) is 0. The molecule has 0 bridgehead atoms. The predicted octanol–water partition coefficient (Wildman–Crippen LogP) is 4.19. The van der Waals surface area contributed by atoms with E-state index in [2.05, 4.69) is 25.9 Å². The van der Waals surface area contributed by atoms with Gasteiger partial charge in [0, 0.05) is 12.2 Å². The molecular formula is C12H10BrClFN3. The Morgan fingerprint density at radius 2 is 1.94 bits per heavy atom. The summed E-state index contributed by atoms with van der Waals surface area (Å²) in [5, 5.41) is 0.348. The van der Waals surface area contributed by atoms with Crippen molar-refractivity contribution in [1.29, 1.82) is 0 Å². The third-order valence-corrected chi connectivity index (χ3v) is 3.68. The van der Waals surface area contributed by atoms with Gasteiger partial charge < -0.3 is 4.90 Å². The Morgan fingerprint density at radius 3 is 2.56 bits per heavy atom. The predicted molar refractivity (Wildman–Crippen MR) is 73.8 cm³/mol. The van der Waals surface area contributed by atoms with Crippen LogP contribution in [0.5, 0.6) is 0 Å². The minimum atomic E-state index is -0.269. The van der Waals surface area contributed by atoms with Crippen molar-refractivity contribution in [3.8, 4) is 0 Å². The van der Waals surface area contributed by atoms with Gasteiger partial charge in [0.25, 0.3) is 0 Å². The summed E-state index contributed by atoms with van der Waals surface area (Å²) in [5.74, 6) is 0.388. The highest BCUT2D eigenvalue weighted by Gasteiger charge is 2.14. The molecule has 3 nitrogen and oxygen atoms in total. The van der Waals surface area contributed by atoms with Crippen LogP contribution in [0, 0.1) is 5.82 Å². The first-order valence-electron chi connectivity index (χ1n) is 5.32. The molecule has 0 fully saturated rings. The van der Waals surface area contributed by atoms with Gasteiger partial charge in [0.1, 0.15) is 17.3 Å². The molecule has 0 atom stereocenters. The van der Waals surface area contributed by atoms with Crippen LogP contribution in [0.4, 0.5) is 15.9 Å². The van der Waals surface area contributed by atoms with E-state index in [1.807, 2.05) is 11.8 Å². The monoisotopic (exact) mass is 329 g/mol. The minimum absolute atomic E-state index is 0.269. The molecule has 94 valence electrons. The van der Waals surface area contributed by atoms with Gasteiger partial charge in [-0.25, -0.2) is 14.4 Å². The highest BCUT2D eigenvalue weighted by molar-refractivity contribution is 9.10. The molecule has 2 rings (SSSR count).